The second kappa shape index (κ2) is 10.5. The summed E-state index contributed by atoms with van der Waals surface area (Å²) in [4.78, 5) is 25.1. The Morgan fingerprint density at radius 1 is 1.00 bits per heavy atom. The number of sulfonamides is 1. The number of ether oxygens (including phenoxy) is 1. The van der Waals surface area contributed by atoms with Crippen LogP contribution in [-0.2, 0) is 19.6 Å². The highest BCUT2D eigenvalue weighted by Gasteiger charge is 2.28. The van der Waals surface area contributed by atoms with Crippen molar-refractivity contribution >= 4 is 44.9 Å². The predicted molar refractivity (Wildman–Crippen MR) is 128 cm³/mol. The third kappa shape index (κ3) is 5.71. The summed E-state index contributed by atoms with van der Waals surface area (Å²) in [5.74, 6) is -1.21. The van der Waals surface area contributed by atoms with E-state index in [1.165, 1.54) is 30.3 Å². The highest BCUT2D eigenvalue weighted by atomic mass is 35.5. The molecule has 3 aromatic rings. The van der Waals surface area contributed by atoms with Gasteiger partial charge in [0.2, 0.25) is 5.91 Å². The fourth-order valence-electron chi connectivity index (χ4n) is 3.16. The fraction of sp³-hybridized carbons (Fsp3) is 0.167. The van der Waals surface area contributed by atoms with E-state index in [1.807, 2.05) is 0 Å². The molecule has 0 aliphatic carbocycles. The van der Waals surface area contributed by atoms with Gasteiger partial charge in [-0.3, -0.25) is 9.10 Å². The molecule has 172 valence electrons. The van der Waals surface area contributed by atoms with E-state index < -0.39 is 28.4 Å². The second-order valence-electron chi connectivity index (χ2n) is 7.07. The summed E-state index contributed by atoms with van der Waals surface area (Å²) in [6.45, 7) is 3.14. The maximum Gasteiger partial charge on any atom is 0.339 e. The monoisotopic (exact) mass is 486 g/mol. The number of amides is 1. The lowest BCUT2D eigenvalue weighted by atomic mass is 10.2. The van der Waals surface area contributed by atoms with Gasteiger partial charge in [-0.15, -0.1) is 0 Å². The summed E-state index contributed by atoms with van der Waals surface area (Å²) in [7, 11) is -4.02. The van der Waals surface area contributed by atoms with Crippen LogP contribution in [-0.4, -0.2) is 33.4 Å². The third-order valence-electron chi connectivity index (χ3n) is 4.75. The van der Waals surface area contributed by atoms with Gasteiger partial charge in [0.15, 0.2) is 0 Å². The van der Waals surface area contributed by atoms with Crippen molar-refractivity contribution in [1.82, 2.24) is 0 Å². The zero-order chi connectivity index (χ0) is 24.0. The van der Waals surface area contributed by atoms with Crippen molar-refractivity contribution in [2.75, 3.05) is 22.8 Å². The second-order valence-corrected chi connectivity index (χ2v) is 9.34. The van der Waals surface area contributed by atoms with Crippen molar-refractivity contribution in [3.8, 4) is 0 Å². The van der Waals surface area contributed by atoms with Gasteiger partial charge in [0.1, 0.15) is 6.54 Å². The van der Waals surface area contributed by atoms with Crippen LogP contribution in [0, 0.1) is 6.92 Å². The molecule has 3 aromatic carbocycles. The summed E-state index contributed by atoms with van der Waals surface area (Å²) < 4.78 is 32.8. The van der Waals surface area contributed by atoms with Crippen LogP contribution in [0.25, 0.3) is 0 Å². The van der Waals surface area contributed by atoms with Crippen LogP contribution in [0.5, 0.6) is 0 Å². The molecule has 0 atom stereocenters. The fourth-order valence-corrected chi connectivity index (χ4v) is 4.86. The van der Waals surface area contributed by atoms with Gasteiger partial charge >= 0.3 is 5.97 Å². The molecule has 0 heterocycles. The standard InChI is InChI=1S/C24H23ClN2O5S/c1-3-32-24(29)20-15-18(13-14-21(20)25)26-23(28)16-27(22-12-8-7-9-17(22)2)33(30,31)19-10-5-4-6-11-19/h4-15H,3,16H2,1-2H3,(H,26,28). The minimum Gasteiger partial charge on any atom is -0.462 e. The number of para-hydroxylation sites is 1. The number of aryl methyl sites for hydroxylation is 1. The molecule has 1 N–H and O–H groups in total. The number of carbonyl (C=O) groups excluding carboxylic acids is 2. The van der Waals surface area contributed by atoms with E-state index >= 15 is 0 Å². The van der Waals surface area contributed by atoms with Crippen molar-refractivity contribution in [3.05, 3.63) is 88.9 Å². The summed E-state index contributed by atoms with van der Waals surface area (Å²) >= 11 is 6.07. The number of esters is 1. The Kier molecular flexibility index (Phi) is 7.73. The molecule has 0 aromatic heterocycles. The Hall–Kier alpha value is -3.36. The largest absolute Gasteiger partial charge is 0.462 e. The molecular weight excluding hydrogens is 464 g/mol. The zero-order valence-electron chi connectivity index (χ0n) is 18.1. The number of nitrogens with one attached hydrogen (secondary N) is 1. The molecule has 0 bridgehead atoms. The van der Waals surface area contributed by atoms with Gasteiger partial charge in [0.05, 0.1) is 27.8 Å². The van der Waals surface area contributed by atoms with E-state index in [0.717, 1.165) is 4.31 Å². The molecule has 0 aliphatic heterocycles. The molecule has 1 amide bonds. The molecule has 0 unspecified atom stereocenters. The number of nitrogens with zero attached hydrogens (tertiary/aromatic N) is 1. The lowest BCUT2D eigenvalue weighted by Crippen LogP contribution is -2.38. The number of hydrogen-bond acceptors (Lipinski definition) is 5. The third-order valence-corrected chi connectivity index (χ3v) is 6.85. The SMILES string of the molecule is CCOC(=O)c1cc(NC(=O)CN(c2ccccc2C)S(=O)(=O)c2ccccc2)ccc1Cl. The van der Waals surface area contributed by atoms with E-state index in [0.29, 0.717) is 11.3 Å². The van der Waals surface area contributed by atoms with Crippen molar-refractivity contribution in [1.29, 1.82) is 0 Å². The Morgan fingerprint density at radius 3 is 2.33 bits per heavy atom. The van der Waals surface area contributed by atoms with Crippen LogP contribution >= 0.6 is 11.6 Å². The predicted octanol–water partition coefficient (Wildman–Crippen LogP) is 4.66. The van der Waals surface area contributed by atoms with Crippen LogP contribution in [0.1, 0.15) is 22.8 Å². The van der Waals surface area contributed by atoms with E-state index in [4.69, 9.17) is 16.3 Å². The number of halogens is 1. The van der Waals surface area contributed by atoms with Crippen LogP contribution in [0.15, 0.2) is 77.7 Å². The topological polar surface area (TPSA) is 92.8 Å². The molecule has 0 aliphatic rings. The smallest absolute Gasteiger partial charge is 0.339 e. The molecule has 33 heavy (non-hydrogen) atoms. The summed E-state index contributed by atoms with van der Waals surface area (Å²) in [6, 6.07) is 19.2. The molecule has 0 fully saturated rings. The maximum atomic E-state index is 13.4. The van der Waals surface area contributed by atoms with Crippen molar-refractivity contribution < 1.29 is 22.7 Å². The van der Waals surface area contributed by atoms with Crippen molar-refractivity contribution in [3.63, 3.8) is 0 Å². The lowest BCUT2D eigenvalue weighted by molar-refractivity contribution is -0.114. The van der Waals surface area contributed by atoms with Crippen molar-refractivity contribution in [2.45, 2.75) is 18.7 Å². The minimum atomic E-state index is -4.02. The molecule has 0 radical (unpaired) electrons. The Labute approximate surface area is 198 Å². The molecule has 7 nitrogen and oxygen atoms in total. The molecule has 0 spiro atoms. The first-order chi connectivity index (χ1) is 15.7. The van der Waals surface area contributed by atoms with Gasteiger partial charge in [0.25, 0.3) is 10.0 Å². The van der Waals surface area contributed by atoms with E-state index in [-0.39, 0.29) is 27.8 Å². The van der Waals surface area contributed by atoms with Gasteiger partial charge in [-0.1, -0.05) is 48.0 Å². The Balaban J connectivity index is 1.91. The quantitative estimate of drug-likeness (QED) is 0.467. The summed E-state index contributed by atoms with van der Waals surface area (Å²) in [5.41, 5.74) is 1.47. The number of hydrogen-bond donors (Lipinski definition) is 1. The normalized spacial score (nSPS) is 11.0. The van der Waals surface area contributed by atoms with Gasteiger partial charge in [0, 0.05) is 5.69 Å². The van der Waals surface area contributed by atoms with Crippen LogP contribution in [0.3, 0.4) is 0 Å². The first-order valence-corrected chi connectivity index (χ1v) is 12.0. The molecule has 3 rings (SSSR count). The average Bonchev–Trinajstić information content (AvgIpc) is 2.80. The average molecular weight is 487 g/mol. The summed E-state index contributed by atoms with van der Waals surface area (Å²) in [6.07, 6.45) is 0. The first kappa shape index (κ1) is 24.3. The van der Waals surface area contributed by atoms with Gasteiger partial charge in [-0.05, 0) is 55.8 Å². The molecule has 9 heteroatoms. The zero-order valence-corrected chi connectivity index (χ0v) is 19.7. The maximum absolute atomic E-state index is 13.4. The first-order valence-electron chi connectivity index (χ1n) is 10.1. The Morgan fingerprint density at radius 2 is 1.67 bits per heavy atom. The van der Waals surface area contributed by atoms with E-state index in [9.17, 15) is 18.0 Å². The van der Waals surface area contributed by atoms with Gasteiger partial charge in [-0.2, -0.15) is 0 Å². The Bertz CT molecular complexity index is 1260. The number of benzene rings is 3. The molecular formula is C24H23ClN2O5S. The van der Waals surface area contributed by atoms with E-state index in [1.54, 1.807) is 56.3 Å². The van der Waals surface area contributed by atoms with Crippen LogP contribution in [0.4, 0.5) is 11.4 Å². The molecule has 0 saturated carbocycles. The number of rotatable bonds is 8. The number of anilines is 2. The van der Waals surface area contributed by atoms with Crippen molar-refractivity contribution in [2.24, 2.45) is 0 Å². The minimum absolute atomic E-state index is 0.0668. The van der Waals surface area contributed by atoms with E-state index in [2.05, 4.69) is 5.32 Å². The lowest BCUT2D eigenvalue weighted by Gasteiger charge is -2.25. The summed E-state index contributed by atoms with van der Waals surface area (Å²) in [5, 5.41) is 2.82. The highest BCUT2D eigenvalue weighted by Crippen LogP contribution is 2.27. The highest BCUT2D eigenvalue weighted by molar-refractivity contribution is 7.92. The number of carbonyl (C=O) groups is 2. The van der Waals surface area contributed by atoms with Crippen LogP contribution < -0.4 is 9.62 Å². The van der Waals surface area contributed by atoms with Crippen LogP contribution in [0.2, 0.25) is 5.02 Å². The van der Waals surface area contributed by atoms with Gasteiger partial charge < -0.3 is 10.1 Å². The molecule has 0 saturated heterocycles. The van der Waals surface area contributed by atoms with Gasteiger partial charge in [-0.25, -0.2) is 13.2 Å².